The Morgan fingerprint density at radius 3 is 2.16 bits per heavy atom. The van der Waals surface area contributed by atoms with Crippen molar-refractivity contribution in [2.75, 3.05) is 7.05 Å². The van der Waals surface area contributed by atoms with Gasteiger partial charge in [0.1, 0.15) is 11.7 Å². The van der Waals surface area contributed by atoms with Crippen LogP contribution in [0.1, 0.15) is 18.1 Å². The largest absolute Gasteiger partial charge is 0.386 e. The first kappa shape index (κ1) is 15.6. The highest BCUT2D eigenvalue weighted by molar-refractivity contribution is 7.89. The molecule has 0 aliphatic heterocycles. The second kappa shape index (κ2) is 5.26. The fourth-order valence-electron chi connectivity index (χ4n) is 1.85. The Kier molecular flexibility index (Phi) is 4.32. The number of aryl methyl sites for hydroxylation is 2. The molecule has 19 heavy (non-hydrogen) atoms. The van der Waals surface area contributed by atoms with E-state index in [4.69, 9.17) is 11.1 Å². The number of amidine groups is 1. The second-order valence-electron chi connectivity index (χ2n) is 4.52. The minimum Gasteiger partial charge on any atom is -0.386 e. The van der Waals surface area contributed by atoms with E-state index in [0.29, 0.717) is 11.1 Å². The number of likely N-dealkylation sites (N-methyl/N-ethyl adjacent to an activating group) is 1. The summed E-state index contributed by atoms with van der Waals surface area (Å²) < 4.78 is 39.2. The Bertz CT molecular complexity index is 590. The summed E-state index contributed by atoms with van der Waals surface area (Å²) in [5.74, 6) is -0.722. The number of hydrogen-bond acceptors (Lipinski definition) is 3. The van der Waals surface area contributed by atoms with Crippen molar-refractivity contribution in [3.05, 3.63) is 29.1 Å². The van der Waals surface area contributed by atoms with Crippen molar-refractivity contribution in [2.45, 2.75) is 31.7 Å². The molecular formula is C12H18FN3O2S. The number of rotatable bonds is 4. The molecule has 0 fully saturated rings. The minimum atomic E-state index is -3.82. The molecule has 0 amide bonds. The van der Waals surface area contributed by atoms with Crippen molar-refractivity contribution < 1.29 is 12.8 Å². The molecule has 0 bridgehead atoms. The van der Waals surface area contributed by atoms with E-state index in [9.17, 15) is 12.8 Å². The van der Waals surface area contributed by atoms with Gasteiger partial charge in [-0.25, -0.2) is 12.8 Å². The molecule has 0 aliphatic rings. The Hall–Kier alpha value is -1.47. The fourth-order valence-corrected chi connectivity index (χ4v) is 3.60. The molecule has 0 aromatic heterocycles. The third-order valence-electron chi connectivity index (χ3n) is 3.06. The molecule has 1 atom stereocenters. The molecule has 3 N–H and O–H groups in total. The highest BCUT2D eigenvalue weighted by Crippen LogP contribution is 2.25. The maximum absolute atomic E-state index is 13.2. The Morgan fingerprint density at radius 2 is 1.79 bits per heavy atom. The maximum Gasteiger partial charge on any atom is 0.244 e. The molecule has 1 rings (SSSR count). The van der Waals surface area contributed by atoms with Gasteiger partial charge in [0.05, 0.1) is 10.9 Å². The second-order valence-corrected chi connectivity index (χ2v) is 6.46. The van der Waals surface area contributed by atoms with Gasteiger partial charge >= 0.3 is 0 Å². The topological polar surface area (TPSA) is 87.2 Å². The number of nitrogens with one attached hydrogen (secondary N) is 1. The maximum atomic E-state index is 13.2. The first-order valence-corrected chi connectivity index (χ1v) is 7.11. The molecule has 1 aromatic rings. The molecule has 106 valence electrons. The van der Waals surface area contributed by atoms with Crippen molar-refractivity contribution >= 4 is 15.9 Å². The van der Waals surface area contributed by atoms with Crippen molar-refractivity contribution in [1.82, 2.24) is 4.31 Å². The Balaban J connectivity index is 3.40. The summed E-state index contributed by atoms with van der Waals surface area (Å²) >= 11 is 0. The lowest BCUT2D eigenvalue weighted by molar-refractivity contribution is 0.447. The van der Waals surface area contributed by atoms with Crippen LogP contribution in [0.3, 0.4) is 0 Å². The van der Waals surface area contributed by atoms with Crippen molar-refractivity contribution in [2.24, 2.45) is 5.73 Å². The van der Waals surface area contributed by atoms with E-state index in [-0.39, 0.29) is 10.7 Å². The molecular weight excluding hydrogens is 269 g/mol. The van der Waals surface area contributed by atoms with E-state index in [1.165, 1.54) is 40.0 Å². The molecule has 7 heteroatoms. The van der Waals surface area contributed by atoms with Crippen molar-refractivity contribution in [3.63, 3.8) is 0 Å². The van der Waals surface area contributed by atoms with Crippen LogP contribution in [-0.4, -0.2) is 31.6 Å². The quantitative estimate of drug-likeness (QED) is 0.648. The summed E-state index contributed by atoms with van der Waals surface area (Å²) in [7, 11) is -2.46. The highest BCUT2D eigenvalue weighted by atomic mass is 32.2. The minimum absolute atomic E-state index is 0.0597. The lowest BCUT2D eigenvalue weighted by Crippen LogP contribution is -2.43. The van der Waals surface area contributed by atoms with Crippen LogP contribution in [0.15, 0.2) is 17.0 Å². The lowest BCUT2D eigenvalue weighted by atomic mass is 10.1. The van der Waals surface area contributed by atoms with Crippen LogP contribution in [0.2, 0.25) is 0 Å². The summed E-state index contributed by atoms with van der Waals surface area (Å²) in [5.41, 5.74) is 6.00. The highest BCUT2D eigenvalue weighted by Gasteiger charge is 2.29. The van der Waals surface area contributed by atoms with Gasteiger partial charge in [-0.05, 0) is 44.0 Å². The van der Waals surface area contributed by atoms with Gasteiger partial charge in [-0.3, -0.25) is 5.41 Å². The summed E-state index contributed by atoms with van der Waals surface area (Å²) in [6, 6.07) is 1.59. The first-order chi connectivity index (χ1) is 8.59. The smallest absolute Gasteiger partial charge is 0.244 e. The zero-order valence-corrected chi connectivity index (χ0v) is 12.2. The number of benzene rings is 1. The average Bonchev–Trinajstić information content (AvgIpc) is 2.24. The number of nitrogens with two attached hydrogens (primary N) is 1. The predicted octanol–water partition coefficient (Wildman–Crippen LogP) is 1.39. The van der Waals surface area contributed by atoms with E-state index in [2.05, 4.69) is 0 Å². The molecule has 1 aromatic carbocycles. The van der Waals surface area contributed by atoms with Gasteiger partial charge in [-0.2, -0.15) is 4.31 Å². The lowest BCUT2D eigenvalue weighted by Gasteiger charge is -2.25. The summed E-state index contributed by atoms with van der Waals surface area (Å²) in [6.45, 7) is 4.60. The summed E-state index contributed by atoms with van der Waals surface area (Å²) in [5, 5.41) is 7.33. The van der Waals surface area contributed by atoms with E-state index >= 15 is 0 Å². The molecule has 1 unspecified atom stereocenters. The summed E-state index contributed by atoms with van der Waals surface area (Å²) in [4.78, 5) is 0.0597. The standard InChI is InChI=1S/C12H18FN3O2S/c1-7-5-10(13)6-8(2)11(7)19(17,18)16(4)9(3)12(14)15/h5-6,9H,1-4H3,(H3,14,15). The molecule has 5 nitrogen and oxygen atoms in total. The van der Waals surface area contributed by atoms with E-state index in [1.54, 1.807) is 0 Å². The van der Waals surface area contributed by atoms with Gasteiger partial charge in [0.25, 0.3) is 0 Å². The third kappa shape index (κ3) is 2.93. The van der Waals surface area contributed by atoms with E-state index < -0.39 is 21.9 Å². The first-order valence-electron chi connectivity index (χ1n) is 5.67. The predicted molar refractivity (Wildman–Crippen MR) is 72.2 cm³/mol. The number of nitrogens with zero attached hydrogens (tertiary/aromatic N) is 1. The zero-order valence-electron chi connectivity index (χ0n) is 11.4. The zero-order chi connectivity index (χ0) is 15.0. The van der Waals surface area contributed by atoms with Crippen molar-refractivity contribution in [1.29, 1.82) is 5.41 Å². The van der Waals surface area contributed by atoms with Crippen LogP contribution < -0.4 is 5.73 Å². The van der Waals surface area contributed by atoms with Crippen LogP contribution in [0.5, 0.6) is 0 Å². The van der Waals surface area contributed by atoms with Crippen LogP contribution >= 0.6 is 0 Å². The van der Waals surface area contributed by atoms with Crippen LogP contribution in [0.4, 0.5) is 4.39 Å². The van der Waals surface area contributed by atoms with Gasteiger partial charge in [0, 0.05) is 7.05 Å². The molecule has 0 saturated carbocycles. The van der Waals surface area contributed by atoms with Gasteiger partial charge in [-0.1, -0.05) is 0 Å². The van der Waals surface area contributed by atoms with Gasteiger partial charge in [0.15, 0.2) is 0 Å². The van der Waals surface area contributed by atoms with E-state index in [0.717, 1.165) is 4.31 Å². The Morgan fingerprint density at radius 1 is 1.37 bits per heavy atom. The number of hydrogen-bond donors (Lipinski definition) is 2. The van der Waals surface area contributed by atoms with Gasteiger partial charge in [0.2, 0.25) is 10.0 Å². The SMILES string of the molecule is Cc1cc(F)cc(C)c1S(=O)(=O)N(C)C(C)C(=N)N. The molecule has 0 aliphatic carbocycles. The molecule has 0 saturated heterocycles. The van der Waals surface area contributed by atoms with Crippen LogP contribution in [0.25, 0.3) is 0 Å². The number of halogens is 1. The molecule has 0 heterocycles. The Labute approximate surface area is 112 Å². The van der Waals surface area contributed by atoms with Crippen LogP contribution in [0, 0.1) is 25.1 Å². The molecule has 0 spiro atoms. The van der Waals surface area contributed by atoms with Crippen molar-refractivity contribution in [3.8, 4) is 0 Å². The van der Waals surface area contributed by atoms with E-state index in [1.807, 2.05) is 0 Å². The third-order valence-corrected chi connectivity index (χ3v) is 5.29. The summed E-state index contributed by atoms with van der Waals surface area (Å²) in [6.07, 6.45) is 0. The average molecular weight is 287 g/mol. The normalized spacial score (nSPS) is 13.6. The molecule has 0 radical (unpaired) electrons. The monoisotopic (exact) mass is 287 g/mol. The fraction of sp³-hybridized carbons (Fsp3) is 0.417. The van der Waals surface area contributed by atoms with Gasteiger partial charge < -0.3 is 5.73 Å². The van der Waals surface area contributed by atoms with Crippen LogP contribution in [-0.2, 0) is 10.0 Å². The number of sulfonamides is 1. The van der Waals surface area contributed by atoms with Gasteiger partial charge in [-0.15, -0.1) is 0 Å².